The lowest BCUT2D eigenvalue weighted by molar-refractivity contribution is 0.141. The minimum atomic E-state index is -0.126. The molecule has 1 aromatic carbocycles. The maximum Gasteiger partial charge on any atom is 0.126 e. The van der Waals surface area contributed by atoms with E-state index in [0.717, 1.165) is 5.56 Å². The molecule has 2 nitrogen and oxygen atoms in total. The molecule has 102 valence electrons. The van der Waals surface area contributed by atoms with Gasteiger partial charge in [0.15, 0.2) is 0 Å². The van der Waals surface area contributed by atoms with Gasteiger partial charge in [-0.15, -0.1) is 0 Å². The normalized spacial score (nSPS) is 14.8. The Morgan fingerprint density at radius 1 is 1.22 bits per heavy atom. The summed E-state index contributed by atoms with van der Waals surface area (Å²) in [6, 6.07) is 7.48. The van der Waals surface area contributed by atoms with Crippen molar-refractivity contribution in [3.05, 3.63) is 35.6 Å². The topological polar surface area (TPSA) is 21.3 Å². The Morgan fingerprint density at radius 3 is 2.44 bits per heavy atom. The lowest BCUT2D eigenvalue weighted by Gasteiger charge is -2.26. The van der Waals surface area contributed by atoms with Crippen molar-refractivity contribution in [2.75, 3.05) is 13.7 Å². The second kappa shape index (κ2) is 7.49. The molecule has 1 rings (SSSR count). The summed E-state index contributed by atoms with van der Waals surface area (Å²) < 4.78 is 18.7. The predicted molar refractivity (Wildman–Crippen MR) is 73.2 cm³/mol. The maximum atomic E-state index is 13.5. The van der Waals surface area contributed by atoms with Gasteiger partial charge in [0.25, 0.3) is 0 Å². The Hall–Kier alpha value is -0.930. The zero-order valence-electron chi connectivity index (χ0n) is 11.7. The third-order valence-electron chi connectivity index (χ3n) is 3.13. The van der Waals surface area contributed by atoms with E-state index in [4.69, 9.17) is 4.74 Å². The van der Waals surface area contributed by atoms with Crippen molar-refractivity contribution in [3.63, 3.8) is 0 Å². The molecule has 0 amide bonds. The van der Waals surface area contributed by atoms with Crippen molar-refractivity contribution >= 4 is 0 Å². The molecule has 0 aromatic heterocycles. The van der Waals surface area contributed by atoms with Gasteiger partial charge in [-0.3, -0.25) is 0 Å². The van der Waals surface area contributed by atoms with Gasteiger partial charge in [-0.2, -0.15) is 0 Å². The molecule has 0 saturated carbocycles. The standard InChI is InChI=1S/C15H24FNO/c1-11(2)15(10-18-4)17-12(3)9-13-7-5-6-8-14(13)16/h5-8,11-12,15,17H,9-10H2,1-4H3. The number of nitrogens with one attached hydrogen (secondary N) is 1. The fourth-order valence-corrected chi connectivity index (χ4v) is 2.03. The summed E-state index contributed by atoms with van der Waals surface area (Å²) in [7, 11) is 1.71. The van der Waals surface area contributed by atoms with Crippen LogP contribution < -0.4 is 5.32 Å². The van der Waals surface area contributed by atoms with Gasteiger partial charge in [0.05, 0.1) is 6.61 Å². The van der Waals surface area contributed by atoms with Crippen LogP contribution in [0.5, 0.6) is 0 Å². The van der Waals surface area contributed by atoms with E-state index < -0.39 is 0 Å². The monoisotopic (exact) mass is 253 g/mol. The number of rotatable bonds is 7. The Kier molecular flexibility index (Phi) is 6.30. The lowest BCUT2D eigenvalue weighted by Crippen LogP contribution is -2.43. The van der Waals surface area contributed by atoms with E-state index in [1.54, 1.807) is 13.2 Å². The van der Waals surface area contributed by atoms with E-state index in [9.17, 15) is 4.39 Å². The fraction of sp³-hybridized carbons (Fsp3) is 0.600. The molecule has 0 radical (unpaired) electrons. The first kappa shape index (κ1) is 15.1. The summed E-state index contributed by atoms with van der Waals surface area (Å²) in [6.07, 6.45) is 0.694. The fourth-order valence-electron chi connectivity index (χ4n) is 2.03. The molecule has 0 bridgehead atoms. The van der Waals surface area contributed by atoms with Crippen LogP contribution in [-0.4, -0.2) is 25.8 Å². The van der Waals surface area contributed by atoms with Gasteiger partial charge >= 0.3 is 0 Å². The molecule has 0 fully saturated rings. The second-order valence-corrected chi connectivity index (χ2v) is 5.17. The van der Waals surface area contributed by atoms with Gasteiger partial charge in [-0.1, -0.05) is 32.0 Å². The predicted octanol–water partition coefficient (Wildman–Crippen LogP) is 3.02. The molecule has 1 N–H and O–H groups in total. The summed E-state index contributed by atoms with van der Waals surface area (Å²) in [5.74, 6) is 0.368. The summed E-state index contributed by atoms with van der Waals surface area (Å²) in [6.45, 7) is 7.08. The molecule has 2 atom stereocenters. The van der Waals surface area contributed by atoms with Crippen molar-refractivity contribution in [2.45, 2.75) is 39.3 Å². The molecule has 18 heavy (non-hydrogen) atoms. The second-order valence-electron chi connectivity index (χ2n) is 5.17. The SMILES string of the molecule is COCC(NC(C)Cc1ccccc1F)C(C)C. The Balaban J connectivity index is 2.55. The van der Waals surface area contributed by atoms with Crippen LogP contribution in [0.25, 0.3) is 0 Å². The first-order valence-corrected chi connectivity index (χ1v) is 6.53. The quantitative estimate of drug-likeness (QED) is 0.806. The number of ether oxygens (including phenoxy) is 1. The smallest absolute Gasteiger partial charge is 0.126 e. The van der Waals surface area contributed by atoms with Gasteiger partial charge in [-0.05, 0) is 30.9 Å². The Bertz CT molecular complexity index is 354. The number of benzene rings is 1. The number of hydrogen-bond acceptors (Lipinski definition) is 2. The van der Waals surface area contributed by atoms with E-state index in [0.29, 0.717) is 25.0 Å². The highest BCUT2D eigenvalue weighted by molar-refractivity contribution is 5.18. The molecule has 0 spiro atoms. The van der Waals surface area contributed by atoms with Gasteiger partial charge in [-0.25, -0.2) is 4.39 Å². The molecule has 0 aliphatic rings. The van der Waals surface area contributed by atoms with Crippen molar-refractivity contribution in [3.8, 4) is 0 Å². The van der Waals surface area contributed by atoms with Crippen molar-refractivity contribution in [1.29, 1.82) is 0 Å². The third kappa shape index (κ3) is 4.75. The molecule has 2 unspecified atom stereocenters. The van der Waals surface area contributed by atoms with Crippen LogP contribution in [0.2, 0.25) is 0 Å². The molecule has 0 aliphatic carbocycles. The zero-order valence-corrected chi connectivity index (χ0v) is 11.7. The van der Waals surface area contributed by atoms with E-state index in [1.165, 1.54) is 6.07 Å². The van der Waals surface area contributed by atoms with Crippen LogP contribution in [0, 0.1) is 11.7 Å². The first-order valence-electron chi connectivity index (χ1n) is 6.53. The molecule has 0 saturated heterocycles. The Morgan fingerprint density at radius 2 is 1.89 bits per heavy atom. The van der Waals surface area contributed by atoms with Crippen LogP contribution in [0.3, 0.4) is 0 Å². The van der Waals surface area contributed by atoms with Crippen LogP contribution >= 0.6 is 0 Å². The largest absolute Gasteiger partial charge is 0.383 e. The highest BCUT2D eigenvalue weighted by Crippen LogP contribution is 2.11. The van der Waals surface area contributed by atoms with E-state index in [2.05, 4.69) is 26.1 Å². The highest BCUT2D eigenvalue weighted by atomic mass is 19.1. The van der Waals surface area contributed by atoms with Crippen LogP contribution in [0.4, 0.5) is 4.39 Å². The highest BCUT2D eigenvalue weighted by Gasteiger charge is 2.16. The number of methoxy groups -OCH3 is 1. The van der Waals surface area contributed by atoms with Crippen molar-refractivity contribution < 1.29 is 9.13 Å². The minimum Gasteiger partial charge on any atom is -0.383 e. The van der Waals surface area contributed by atoms with Gasteiger partial charge in [0, 0.05) is 19.2 Å². The average molecular weight is 253 g/mol. The van der Waals surface area contributed by atoms with Crippen LogP contribution in [0.15, 0.2) is 24.3 Å². The summed E-state index contributed by atoms with van der Waals surface area (Å²) in [5.41, 5.74) is 0.762. The third-order valence-corrected chi connectivity index (χ3v) is 3.13. The van der Waals surface area contributed by atoms with E-state index in [-0.39, 0.29) is 11.9 Å². The maximum absolute atomic E-state index is 13.5. The summed E-state index contributed by atoms with van der Waals surface area (Å²) >= 11 is 0. The molecule has 3 heteroatoms. The van der Waals surface area contributed by atoms with Gasteiger partial charge < -0.3 is 10.1 Å². The van der Waals surface area contributed by atoms with Gasteiger partial charge in [0.2, 0.25) is 0 Å². The number of hydrogen-bond donors (Lipinski definition) is 1. The summed E-state index contributed by atoms with van der Waals surface area (Å²) in [4.78, 5) is 0. The van der Waals surface area contributed by atoms with Crippen LogP contribution in [-0.2, 0) is 11.2 Å². The molecule has 0 aliphatic heterocycles. The molecular weight excluding hydrogens is 229 g/mol. The number of halogens is 1. The van der Waals surface area contributed by atoms with Crippen molar-refractivity contribution in [2.24, 2.45) is 5.92 Å². The first-order chi connectivity index (χ1) is 8.54. The zero-order chi connectivity index (χ0) is 13.5. The average Bonchev–Trinajstić information content (AvgIpc) is 2.31. The Labute approximate surface area is 110 Å². The van der Waals surface area contributed by atoms with E-state index in [1.807, 2.05) is 12.1 Å². The lowest BCUT2D eigenvalue weighted by atomic mass is 10.0. The minimum absolute atomic E-state index is 0.126. The van der Waals surface area contributed by atoms with Crippen molar-refractivity contribution in [1.82, 2.24) is 5.32 Å². The van der Waals surface area contributed by atoms with Gasteiger partial charge in [0.1, 0.15) is 5.82 Å². The molecule has 0 heterocycles. The van der Waals surface area contributed by atoms with Crippen LogP contribution in [0.1, 0.15) is 26.3 Å². The molecular formula is C15H24FNO. The molecule has 1 aromatic rings. The summed E-state index contributed by atoms with van der Waals surface area (Å²) in [5, 5.41) is 3.50. The van der Waals surface area contributed by atoms with E-state index >= 15 is 0 Å².